The van der Waals surface area contributed by atoms with Gasteiger partial charge in [-0.1, -0.05) is 32.0 Å². The molecule has 0 aliphatic rings. The molecule has 1 unspecified atom stereocenters. The largest absolute Gasteiger partial charge is 0.416 e. The molecule has 0 fully saturated rings. The van der Waals surface area contributed by atoms with Crippen molar-refractivity contribution in [1.29, 1.82) is 0 Å². The number of carbonyl (C=O) groups is 1. The van der Waals surface area contributed by atoms with Crippen LogP contribution >= 0.6 is 0 Å². The van der Waals surface area contributed by atoms with Gasteiger partial charge in [0.15, 0.2) is 0 Å². The molecule has 0 saturated heterocycles. The number of hydrogen-bond acceptors (Lipinski definition) is 2. The SMILES string of the molecule is CC(C)C(CO)NC(=O)Cc1cccc(C(F)(F)F)c1. The predicted octanol–water partition coefficient (Wildman–Crippen LogP) is 2.38. The lowest BCUT2D eigenvalue weighted by Gasteiger charge is -2.20. The molecule has 112 valence electrons. The van der Waals surface area contributed by atoms with E-state index in [0.717, 1.165) is 12.1 Å². The number of halogens is 3. The molecule has 0 saturated carbocycles. The fraction of sp³-hybridized carbons (Fsp3) is 0.500. The number of hydrogen-bond donors (Lipinski definition) is 2. The van der Waals surface area contributed by atoms with E-state index in [1.807, 2.05) is 13.8 Å². The predicted molar refractivity (Wildman–Crippen MR) is 69.0 cm³/mol. The number of aliphatic hydroxyl groups excluding tert-OH is 1. The quantitative estimate of drug-likeness (QED) is 0.874. The third-order valence-corrected chi connectivity index (χ3v) is 2.97. The van der Waals surface area contributed by atoms with Crippen LogP contribution < -0.4 is 5.32 Å². The van der Waals surface area contributed by atoms with Crippen LogP contribution in [-0.2, 0) is 17.4 Å². The Bertz CT molecular complexity index is 458. The molecule has 0 radical (unpaired) electrons. The summed E-state index contributed by atoms with van der Waals surface area (Å²) in [6, 6.07) is 4.28. The van der Waals surface area contributed by atoms with E-state index in [0.29, 0.717) is 0 Å². The number of aliphatic hydroxyl groups is 1. The molecule has 0 spiro atoms. The topological polar surface area (TPSA) is 49.3 Å². The lowest BCUT2D eigenvalue weighted by atomic mass is 10.0. The van der Waals surface area contributed by atoms with Gasteiger partial charge >= 0.3 is 6.18 Å². The summed E-state index contributed by atoms with van der Waals surface area (Å²) >= 11 is 0. The van der Waals surface area contributed by atoms with Gasteiger partial charge in [-0.3, -0.25) is 4.79 Å². The highest BCUT2D eigenvalue weighted by Crippen LogP contribution is 2.29. The first kappa shape index (κ1) is 16.5. The Morgan fingerprint density at radius 2 is 2.00 bits per heavy atom. The second-order valence-electron chi connectivity index (χ2n) is 4.98. The van der Waals surface area contributed by atoms with Crippen LogP contribution in [0.2, 0.25) is 0 Å². The zero-order valence-corrected chi connectivity index (χ0v) is 11.4. The fourth-order valence-electron chi connectivity index (χ4n) is 1.72. The van der Waals surface area contributed by atoms with Crippen molar-refractivity contribution in [3.63, 3.8) is 0 Å². The summed E-state index contributed by atoms with van der Waals surface area (Å²) in [6.07, 6.45) is -4.56. The number of amides is 1. The lowest BCUT2D eigenvalue weighted by Crippen LogP contribution is -2.41. The smallest absolute Gasteiger partial charge is 0.394 e. The Morgan fingerprint density at radius 3 is 2.50 bits per heavy atom. The minimum absolute atomic E-state index is 0.0467. The monoisotopic (exact) mass is 289 g/mol. The molecule has 0 heterocycles. The molecular weight excluding hydrogens is 271 g/mol. The second-order valence-corrected chi connectivity index (χ2v) is 4.98. The van der Waals surface area contributed by atoms with Gasteiger partial charge in [-0.05, 0) is 17.5 Å². The van der Waals surface area contributed by atoms with Crippen molar-refractivity contribution in [2.24, 2.45) is 5.92 Å². The Morgan fingerprint density at radius 1 is 1.35 bits per heavy atom. The molecular formula is C14H18F3NO2. The van der Waals surface area contributed by atoms with Crippen LogP contribution in [0.15, 0.2) is 24.3 Å². The Balaban J connectivity index is 2.71. The number of benzene rings is 1. The molecule has 1 amide bonds. The van der Waals surface area contributed by atoms with Crippen LogP contribution in [0.3, 0.4) is 0 Å². The van der Waals surface area contributed by atoms with Crippen LogP contribution in [0, 0.1) is 5.92 Å². The normalized spacial score (nSPS) is 13.3. The van der Waals surface area contributed by atoms with Crippen molar-refractivity contribution in [3.05, 3.63) is 35.4 Å². The highest BCUT2D eigenvalue weighted by Gasteiger charge is 2.30. The van der Waals surface area contributed by atoms with E-state index in [9.17, 15) is 18.0 Å². The molecule has 3 nitrogen and oxygen atoms in total. The summed E-state index contributed by atoms with van der Waals surface area (Å²) in [6.45, 7) is 3.48. The van der Waals surface area contributed by atoms with Gasteiger partial charge in [0, 0.05) is 0 Å². The third kappa shape index (κ3) is 4.85. The summed E-state index contributed by atoms with van der Waals surface area (Å²) < 4.78 is 37.6. The lowest BCUT2D eigenvalue weighted by molar-refractivity contribution is -0.137. The van der Waals surface area contributed by atoms with E-state index in [4.69, 9.17) is 5.11 Å². The van der Waals surface area contributed by atoms with Gasteiger partial charge in [0.1, 0.15) is 0 Å². The molecule has 1 aromatic rings. The Labute approximate surface area is 115 Å². The highest BCUT2D eigenvalue weighted by molar-refractivity contribution is 5.78. The van der Waals surface area contributed by atoms with Crippen LogP contribution in [-0.4, -0.2) is 23.7 Å². The molecule has 0 bridgehead atoms. The molecule has 1 rings (SSSR count). The standard InChI is InChI=1S/C14H18F3NO2/c1-9(2)12(8-19)18-13(20)7-10-4-3-5-11(6-10)14(15,16)17/h3-6,9,12,19H,7-8H2,1-2H3,(H,18,20). The minimum Gasteiger partial charge on any atom is -0.394 e. The van der Waals surface area contributed by atoms with Gasteiger partial charge in [-0.25, -0.2) is 0 Å². The molecule has 0 aromatic heterocycles. The van der Waals surface area contributed by atoms with Crippen molar-refractivity contribution in [2.75, 3.05) is 6.61 Å². The molecule has 6 heteroatoms. The van der Waals surface area contributed by atoms with Gasteiger partial charge in [0.25, 0.3) is 0 Å². The highest BCUT2D eigenvalue weighted by atomic mass is 19.4. The van der Waals surface area contributed by atoms with E-state index in [2.05, 4.69) is 5.32 Å². The van der Waals surface area contributed by atoms with Crippen LogP contribution in [0.4, 0.5) is 13.2 Å². The molecule has 0 aliphatic carbocycles. The van der Waals surface area contributed by atoms with E-state index < -0.39 is 23.7 Å². The fourth-order valence-corrected chi connectivity index (χ4v) is 1.72. The number of carbonyl (C=O) groups excluding carboxylic acids is 1. The van der Waals surface area contributed by atoms with Crippen LogP contribution in [0.25, 0.3) is 0 Å². The van der Waals surface area contributed by atoms with Crippen molar-refractivity contribution in [2.45, 2.75) is 32.5 Å². The van der Waals surface area contributed by atoms with Gasteiger partial charge in [0.05, 0.1) is 24.6 Å². The van der Waals surface area contributed by atoms with E-state index >= 15 is 0 Å². The maximum atomic E-state index is 12.5. The van der Waals surface area contributed by atoms with Crippen molar-refractivity contribution < 1.29 is 23.1 Å². The summed E-state index contributed by atoms with van der Waals surface area (Å²) in [4.78, 5) is 11.7. The molecule has 20 heavy (non-hydrogen) atoms. The zero-order valence-electron chi connectivity index (χ0n) is 11.4. The first-order valence-corrected chi connectivity index (χ1v) is 6.30. The molecule has 1 atom stereocenters. The summed E-state index contributed by atoms with van der Waals surface area (Å²) in [5, 5.41) is 11.7. The summed E-state index contributed by atoms with van der Waals surface area (Å²) in [5.41, 5.74) is -0.483. The Hall–Kier alpha value is -1.56. The maximum absolute atomic E-state index is 12.5. The summed E-state index contributed by atoms with van der Waals surface area (Å²) in [7, 11) is 0. The number of rotatable bonds is 5. The van der Waals surface area contributed by atoms with Crippen molar-refractivity contribution in [1.82, 2.24) is 5.32 Å². The number of alkyl halides is 3. The van der Waals surface area contributed by atoms with Crippen LogP contribution in [0.1, 0.15) is 25.0 Å². The third-order valence-electron chi connectivity index (χ3n) is 2.97. The van der Waals surface area contributed by atoms with E-state index in [-0.39, 0.29) is 24.5 Å². The van der Waals surface area contributed by atoms with Gasteiger partial charge in [0.2, 0.25) is 5.91 Å². The Kier molecular flexibility index (Phi) is 5.56. The average Bonchev–Trinajstić information content (AvgIpc) is 2.34. The average molecular weight is 289 g/mol. The van der Waals surface area contributed by atoms with E-state index in [1.165, 1.54) is 12.1 Å². The van der Waals surface area contributed by atoms with Gasteiger partial charge in [-0.2, -0.15) is 13.2 Å². The molecule has 1 aromatic carbocycles. The molecule has 2 N–H and O–H groups in total. The van der Waals surface area contributed by atoms with Gasteiger partial charge < -0.3 is 10.4 Å². The van der Waals surface area contributed by atoms with Crippen molar-refractivity contribution in [3.8, 4) is 0 Å². The van der Waals surface area contributed by atoms with Crippen molar-refractivity contribution >= 4 is 5.91 Å². The van der Waals surface area contributed by atoms with E-state index in [1.54, 1.807) is 0 Å². The zero-order chi connectivity index (χ0) is 15.3. The first-order chi connectivity index (χ1) is 9.24. The number of nitrogens with one attached hydrogen (secondary N) is 1. The first-order valence-electron chi connectivity index (χ1n) is 6.30. The van der Waals surface area contributed by atoms with Gasteiger partial charge in [-0.15, -0.1) is 0 Å². The minimum atomic E-state index is -4.42. The summed E-state index contributed by atoms with van der Waals surface area (Å²) in [5.74, 6) is -0.359. The second kappa shape index (κ2) is 6.74. The van der Waals surface area contributed by atoms with Crippen LogP contribution in [0.5, 0.6) is 0 Å². The maximum Gasteiger partial charge on any atom is 0.416 e. The molecule has 0 aliphatic heterocycles.